The van der Waals surface area contributed by atoms with Crippen LogP contribution < -0.4 is 4.90 Å². The average molecular weight is 257 g/mol. The zero-order chi connectivity index (χ0) is 13.6. The Bertz CT molecular complexity index is 595. The Morgan fingerprint density at radius 1 is 1.21 bits per heavy atom. The van der Waals surface area contributed by atoms with Crippen LogP contribution in [0.15, 0.2) is 18.5 Å². The quantitative estimate of drug-likeness (QED) is 0.819. The van der Waals surface area contributed by atoms with E-state index in [-0.39, 0.29) is 0 Å². The van der Waals surface area contributed by atoms with Gasteiger partial charge in [-0.3, -0.25) is 0 Å². The molecule has 3 heteroatoms. The fourth-order valence-corrected chi connectivity index (χ4v) is 3.19. The van der Waals surface area contributed by atoms with Crippen LogP contribution in [0.3, 0.4) is 0 Å². The van der Waals surface area contributed by atoms with Gasteiger partial charge in [0.2, 0.25) is 0 Å². The molecule has 3 rings (SSSR count). The van der Waals surface area contributed by atoms with E-state index < -0.39 is 0 Å². The first-order valence-electron chi connectivity index (χ1n) is 7.35. The molecule has 0 atom stereocenters. The molecule has 1 aliphatic rings. The number of nitrogens with zero attached hydrogens (tertiary/aromatic N) is 3. The van der Waals surface area contributed by atoms with Crippen molar-refractivity contribution >= 4 is 11.2 Å². The Kier molecular flexibility index (Phi) is 3.00. The number of hydrogen-bond donors (Lipinski definition) is 0. The molecule has 19 heavy (non-hydrogen) atoms. The van der Waals surface area contributed by atoms with Gasteiger partial charge >= 0.3 is 0 Å². The molecule has 1 aliphatic heterocycles. The van der Waals surface area contributed by atoms with Gasteiger partial charge in [0.05, 0.1) is 11.7 Å². The van der Waals surface area contributed by atoms with Gasteiger partial charge in [0.1, 0.15) is 0 Å². The lowest BCUT2D eigenvalue weighted by Crippen LogP contribution is -2.35. The third-order valence-electron chi connectivity index (χ3n) is 4.17. The lowest BCUT2D eigenvalue weighted by molar-refractivity contribution is 0.625. The highest BCUT2D eigenvalue weighted by Gasteiger charge is 2.23. The average Bonchev–Trinajstić information content (AvgIpc) is 2.82. The van der Waals surface area contributed by atoms with Crippen molar-refractivity contribution in [3.05, 3.63) is 29.6 Å². The molecule has 0 N–H and O–H groups in total. The standard InChI is InChI=1S/C16H23N3/c1-11(2)14-10-17-19-9-7-15-13(16(14)19)6-5-8-18(15)12(3)4/h7,9-12H,5-6,8H2,1-4H3. The molecule has 0 unspecified atom stereocenters. The van der Waals surface area contributed by atoms with Crippen LogP contribution in [0.25, 0.3) is 5.52 Å². The first-order valence-corrected chi connectivity index (χ1v) is 7.35. The summed E-state index contributed by atoms with van der Waals surface area (Å²) in [6.45, 7) is 10.2. The normalized spacial score (nSPS) is 15.6. The zero-order valence-electron chi connectivity index (χ0n) is 12.3. The maximum Gasteiger partial charge on any atom is 0.0748 e. The van der Waals surface area contributed by atoms with Gasteiger partial charge in [0, 0.05) is 35.6 Å². The predicted octanol–water partition coefficient (Wildman–Crippen LogP) is 3.62. The Hall–Kier alpha value is -1.51. The Balaban J connectivity index is 2.24. The third kappa shape index (κ3) is 1.92. The van der Waals surface area contributed by atoms with E-state index in [1.54, 1.807) is 0 Å². The fourth-order valence-electron chi connectivity index (χ4n) is 3.19. The lowest BCUT2D eigenvalue weighted by atomic mass is 9.96. The minimum absolute atomic E-state index is 0.526. The maximum atomic E-state index is 4.52. The summed E-state index contributed by atoms with van der Waals surface area (Å²) < 4.78 is 2.05. The minimum atomic E-state index is 0.526. The van der Waals surface area contributed by atoms with E-state index in [1.807, 2.05) is 6.20 Å². The maximum absolute atomic E-state index is 4.52. The van der Waals surface area contributed by atoms with E-state index in [0.717, 1.165) is 0 Å². The van der Waals surface area contributed by atoms with Crippen molar-refractivity contribution in [2.24, 2.45) is 0 Å². The van der Waals surface area contributed by atoms with E-state index >= 15 is 0 Å². The van der Waals surface area contributed by atoms with Crippen LogP contribution >= 0.6 is 0 Å². The van der Waals surface area contributed by atoms with Crippen molar-refractivity contribution < 1.29 is 0 Å². The number of aryl methyl sites for hydroxylation is 1. The van der Waals surface area contributed by atoms with Gasteiger partial charge in [-0.2, -0.15) is 5.10 Å². The molecule has 0 radical (unpaired) electrons. The van der Waals surface area contributed by atoms with Gasteiger partial charge < -0.3 is 4.90 Å². The SMILES string of the molecule is CC(C)c1cnn2ccc3c(c12)CCCN3C(C)C. The van der Waals surface area contributed by atoms with Crippen molar-refractivity contribution in [3.8, 4) is 0 Å². The van der Waals surface area contributed by atoms with Gasteiger partial charge in [-0.1, -0.05) is 13.8 Å². The van der Waals surface area contributed by atoms with E-state index in [4.69, 9.17) is 0 Å². The molecule has 3 nitrogen and oxygen atoms in total. The molecule has 0 bridgehead atoms. The molecule has 0 spiro atoms. The van der Waals surface area contributed by atoms with Gasteiger partial charge in [-0.25, -0.2) is 4.52 Å². The largest absolute Gasteiger partial charge is 0.369 e. The van der Waals surface area contributed by atoms with Gasteiger partial charge in [0.15, 0.2) is 0 Å². The molecular formula is C16H23N3. The first-order chi connectivity index (χ1) is 9.09. The van der Waals surface area contributed by atoms with Gasteiger partial charge in [0.25, 0.3) is 0 Å². The van der Waals surface area contributed by atoms with Crippen LogP contribution in [0.1, 0.15) is 51.2 Å². The molecule has 2 aromatic rings. The first kappa shape index (κ1) is 12.5. The van der Waals surface area contributed by atoms with Crippen LogP contribution in [0.5, 0.6) is 0 Å². The number of hydrogen-bond acceptors (Lipinski definition) is 2. The van der Waals surface area contributed by atoms with E-state index in [2.05, 4.69) is 54.5 Å². The van der Waals surface area contributed by atoms with Crippen molar-refractivity contribution in [2.45, 2.75) is 52.5 Å². The molecule has 0 amide bonds. The van der Waals surface area contributed by atoms with Crippen LogP contribution in [0, 0.1) is 0 Å². The third-order valence-corrected chi connectivity index (χ3v) is 4.17. The molecule has 0 saturated heterocycles. The molecule has 0 aromatic carbocycles. The highest BCUT2D eigenvalue weighted by Crippen LogP contribution is 2.34. The molecule has 3 heterocycles. The van der Waals surface area contributed by atoms with Crippen LogP contribution in [0.2, 0.25) is 0 Å². The second-order valence-electron chi connectivity index (χ2n) is 6.12. The number of pyridine rings is 1. The Morgan fingerprint density at radius 3 is 2.68 bits per heavy atom. The Labute approximate surface area is 115 Å². The number of rotatable bonds is 2. The summed E-state index contributed by atoms with van der Waals surface area (Å²) in [6, 6.07) is 2.80. The second-order valence-corrected chi connectivity index (χ2v) is 6.12. The van der Waals surface area contributed by atoms with Gasteiger partial charge in [-0.05, 0) is 38.7 Å². The van der Waals surface area contributed by atoms with E-state index in [0.29, 0.717) is 12.0 Å². The summed E-state index contributed by atoms with van der Waals surface area (Å²) in [7, 11) is 0. The van der Waals surface area contributed by atoms with E-state index in [9.17, 15) is 0 Å². The molecule has 2 aromatic heterocycles. The summed E-state index contributed by atoms with van der Waals surface area (Å²) in [6.07, 6.45) is 6.57. The van der Waals surface area contributed by atoms with Crippen LogP contribution in [0.4, 0.5) is 5.69 Å². The minimum Gasteiger partial charge on any atom is -0.369 e. The summed E-state index contributed by atoms with van der Waals surface area (Å²) in [4.78, 5) is 2.52. The summed E-state index contributed by atoms with van der Waals surface area (Å²) >= 11 is 0. The Morgan fingerprint density at radius 2 is 2.00 bits per heavy atom. The van der Waals surface area contributed by atoms with Crippen molar-refractivity contribution in [2.75, 3.05) is 11.4 Å². The van der Waals surface area contributed by atoms with Crippen LogP contribution in [-0.2, 0) is 6.42 Å². The molecule has 0 fully saturated rings. The highest BCUT2D eigenvalue weighted by atomic mass is 15.2. The van der Waals surface area contributed by atoms with E-state index in [1.165, 1.54) is 41.7 Å². The molecule has 0 saturated carbocycles. The topological polar surface area (TPSA) is 20.5 Å². The van der Waals surface area contributed by atoms with Gasteiger partial charge in [-0.15, -0.1) is 0 Å². The van der Waals surface area contributed by atoms with Crippen molar-refractivity contribution in [3.63, 3.8) is 0 Å². The molecular weight excluding hydrogens is 234 g/mol. The molecule has 0 aliphatic carbocycles. The van der Waals surface area contributed by atoms with Crippen molar-refractivity contribution in [1.82, 2.24) is 9.61 Å². The smallest absolute Gasteiger partial charge is 0.0748 e. The summed E-state index contributed by atoms with van der Waals surface area (Å²) in [5, 5.41) is 4.52. The fraction of sp³-hybridized carbons (Fsp3) is 0.562. The summed E-state index contributed by atoms with van der Waals surface area (Å²) in [5.74, 6) is 0.526. The second kappa shape index (κ2) is 4.55. The number of fused-ring (bicyclic) bond motifs is 3. The monoisotopic (exact) mass is 257 g/mol. The number of anilines is 1. The summed E-state index contributed by atoms with van der Waals surface area (Å²) in [5.41, 5.74) is 5.63. The van der Waals surface area contributed by atoms with Crippen LogP contribution in [-0.4, -0.2) is 22.2 Å². The predicted molar refractivity (Wildman–Crippen MR) is 80.1 cm³/mol. The molecule has 102 valence electrons. The lowest BCUT2D eigenvalue weighted by Gasteiger charge is -2.35. The zero-order valence-corrected chi connectivity index (χ0v) is 12.3. The van der Waals surface area contributed by atoms with Crippen molar-refractivity contribution in [1.29, 1.82) is 0 Å². The highest BCUT2D eigenvalue weighted by molar-refractivity contribution is 5.73. The number of aromatic nitrogens is 2.